The van der Waals surface area contributed by atoms with E-state index in [1.54, 1.807) is 5.56 Å². The fourth-order valence-corrected chi connectivity index (χ4v) is 7.62. The molecule has 1 heterocycles. The first-order valence-electron chi connectivity index (χ1n) is 15.1. The van der Waals surface area contributed by atoms with Crippen LogP contribution in [-0.2, 0) is 18.3 Å². The van der Waals surface area contributed by atoms with Gasteiger partial charge in [-0.1, -0.05) is 104 Å². The molecule has 0 amide bonds. The highest BCUT2D eigenvalue weighted by atomic mass is 15.0. The van der Waals surface area contributed by atoms with E-state index < -0.39 is 0 Å². The molecule has 1 aromatic heterocycles. The van der Waals surface area contributed by atoms with Crippen LogP contribution in [0.3, 0.4) is 0 Å². The van der Waals surface area contributed by atoms with Crippen LogP contribution < -0.4 is 0 Å². The highest BCUT2D eigenvalue weighted by Crippen LogP contribution is 2.51. The van der Waals surface area contributed by atoms with E-state index in [0.29, 0.717) is 0 Å². The largest absolute Gasteiger partial charge is 0.313 e. The average Bonchev–Trinajstić information content (AvgIpc) is 3.46. The topological polar surface area (TPSA) is 4.93 Å². The van der Waals surface area contributed by atoms with Gasteiger partial charge in [-0.2, -0.15) is 0 Å². The zero-order valence-electron chi connectivity index (χ0n) is 24.2. The number of aromatic nitrogens is 1. The Kier molecular flexibility index (Phi) is 5.41. The van der Waals surface area contributed by atoms with E-state index in [2.05, 4.69) is 135 Å². The van der Waals surface area contributed by atoms with Gasteiger partial charge in [0.25, 0.3) is 0 Å². The molecule has 0 bridgehead atoms. The fraction of sp³-hybridized carbons (Fsp3) is 0.200. The molecule has 2 aliphatic rings. The molecular weight excluding hydrogens is 494 g/mol. The van der Waals surface area contributed by atoms with Crippen molar-refractivity contribution in [2.75, 3.05) is 0 Å². The molecule has 6 aromatic rings. The van der Waals surface area contributed by atoms with Crippen LogP contribution in [0.25, 0.3) is 50.0 Å². The van der Waals surface area contributed by atoms with E-state index in [0.717, 1.165) is 12.8 Å². The predicted molar refractivity (Wildman–Crippen MR) is 173 cm³/mol. The van der Waals surface area contributed by atoms with Crippen molar-refractivity contribution in [1.82, 2.24) is 4.57 Å². The lowest BCUT2D eigenvalue weighted by Crippen LogP contribution is -2.15. The van der Waals surface area contributed by atoms with Crippen molar-refractivity contribution >= 4 is 10.9 Å². The molecule has 200 valence electrons. The number of benzene rings is 5. The predicted octanol–water partition coefficient (Wildman–Crippen LogP) is 10.5. The summed E-state index contributed by atoms with van der Waals surface area (Å²) in [4.78, 5) is 0. The number of hydrogen-bond donors (Lipinski definition) is 0. The Morgan fingerprint density at radius 2 is 1.29 bits per heavy atom. The van der Waals surface area contributed by atoms with E-state index in [9.17, 15) is 0 Å². The Bertz CT molecular complexity index is 1980. The molecule has 0 N–H and O–H groups in total. The number of nitrogens with zero attached hydrogens (tertiary/aromatic N) is 1. The van der Waals surface area contributed by atoms with Gasteiger partial charge in [-0.05, 0) is 101 Å². The second-order valence-electron chi connectivity index (χ2n) is 12.5. The molecule has 1 nitrogen and oxygen atoms in total. The molecule has 0 radical (unpaired) electrons. The van der Waals surface area contributed by atoms with Crippen LogP contribution in [0.4, 0.5) is 0 Å². The Morgan fingerprint density at radius 3 is 2.12 bits per heavy atom. The van der Waals surface area contributed by atoms with Gasteiger partial charge in [0.2, 0.25) is 0 Å². The van der Waals surface area contributed by atoms with Crippen molar-refractivity contribution in [2.45, 2.75) is 51.9 Å². The summed E-state index contributed by atoms with van der Waals surface area (Å²) in [5.41, 5.74) is 17.8. The lowest BCUT2D eigenvalue weighted by molar-refractivity contribution is 0.658. The van der Waals surface area contributed by atoms with E-state index in [-0.39, 0.29) is 5.41 Å². The SMILES string of the molecule is Cc1cccc(-c2cccc(-c3ccc4c(c3)c3c(n4-c4cccc5c4-c4ccccc4C5(C)C)CCCC3)c2)c1. The third kappa shape index (κ3) is 3.68. The van der Waals surface area contributed by atoms with Crippen LogP contribution in [0, 0.1) is 6.92 Å². The Labute approximate surface area is 243 Å². The molecule has 0 aliphatic heterocycles. The summed E-state index contributed by atoms with van der Waals surface area (Å²) >= 11 is 0. The molecule has 8 rings (SSSR count). The minimum absolute atomic E-state index is 0.000431. The zero-order valence-corrected chi connectivity index (χ0v) is 24.2. The van der Waals surface area contributed by atoms with Gasteiger partial charge in [-0.3, -0.25) is 0 Å². The highest BCUT2D eigenvalue weighted by Gasteiger charge is 2.37. The van der Waals surface area contributed by atoms with Gasteiger partial charge in [0, 0.05) is 22.1 Å². The maximum absolute atomic E-state index is 2.62. The maximum atomic E-state index is 2.62. The number of hydrogen-bond acceptors (Lipinski definition) is 0. The van der Waals surface area contributed by atoms with Crippen LogP contribution in [-0.4, -0.2) is 4.57 Å². The summed E-state index contributed by atoms with van der Waals surface area (Å²) in [5, 5.41) is 1.42. The number of rotatable bonds is 3. The molecule has 41 heavy (non-hydrogen) atoms. The third-order valence-corrected chi connectivity index (χ3v) is 9.64. The molecule has 1 heteroatoms. The van der Waals surface area contributed by atoms with Gasteiger partial charge in [0.05, 0.1) is 11.2 Å². The summed E-state index contributed by atoms with van der Waals surface area (Å²) < 4.78 is 2.62. The van der Waals surface area contributed by atoms with Crippen molar-refractivity contribution in [2.24, 2.45) is 0 Å². The summed E-state index contributed by atoms with van der Waals surface area (Å²) in [6.07, 6.45) is 4.81. The first-order chi connectivity index (χ1) is 20.0. The minimum Gasteiger partial charge on any atom is -0.313 e. The van der Waals surface area contributed by atoms with Gasteiger partial charge in [0.15, 0.2) is 0 Å². The van der Waals surface area contributed by atoms with Gasteiger partial charge in [-0.15, -0.1) is 0 Å². The molecule has 0 saturated heterocycles. The summed E-state index contributed by atoms with van der Waals surface area (Å²) in [6, 6.07) is 41.0. The molecule has 0 spiro atoms. The summed E-state index contributed by atoms with van der Waals surface area (Å²) in [5.74, 6) is 0. The molecule has 2 aliphatic carbocycles. The monoisotopic (exact) mass is 529 g/mol. The van der Waals surface area contributed by atoms with Crippen molar-refractivity contribution in [3.8, 4) is 39.1 Å². The first kappa shape index (κ1) is 24.4. The Morgan fingerprint density at radius 1 is 0.610 bits per heavy atom. The molecule has 0 unspecified atom stereocenters. The second-order valence-corrected chi connectivity index (χ2v) is 12.5. The van der Waals surface area contributed by atoms with E-state index in [1.807, 2.05) is 0 Å². The van der Waals surface area contributed by atoms with E-state index in [4.69, 9.17) is 0 Å². The van der Waals surface area contributed by atoms with Crippen molar-refractivity contribution < 1.29 is 0 Å². The molecule has 5 aromatic carbocycles. The second kappa shape index (κ2) is 9.08. The van der Waals surface area contributed by atoms with E-state index in [1.165, 1.54) is 85.2 Å². The van der Waals surface area contributed by atoms with Crippen LogP contribution in [0.15, 0.2) is 109 Å². The van der Waals surface area contributed by atoms with Crippen molar-refractivity contribution in [3.63, 3.8) is 0 Å². The Balaban J connectivity index is 1.33. The Hall–Kier alpha value is -4.36. The first-order valence-corrected chi connectivity index (χ1v) is 15.1. The molecule has 0 fully saturated rings. The minimum atomic E-state index is 0.000431. The van der Waals surface area contributed by atoms with Gasteiger partial charge >= 0.3 is 0 Å². The smallest absolute Gasteiger partial charge is 0.0540 e. The van der Waals surface area contributed by atoms with Crippen LogP contribution in [0.5, 0.6) is 0 Å². The molecule has 0 atom stereocenters. The van der Waals surface area contributed by atoms with Gasteiger partial charge in [0.1, 0.15) is 0 Å². The molecule has 0 saturated carbocycles. The number of aryl methyl sites for hydroxylation is 2. The van der Waals surface area contributed by atoms with Crippen LogP contribution >= 0.6 is 0 Å². The van der Waals surface area contributed by atoms with Crippen LogP contribution in [0.2, 0.25) is 0 Å². The van der Waals surface area contributed by atoms with Gasteiger partial charge in [-0.25, -0.2) is 0 Å². The van der Waals surface area contributed by atoms with Crippen LogP contribution in [0.1, 0.15) is 54.6 Å². The third-order valence-electron chi connectivity index (χ3n) is 9.64. The lowest BCUT2D eigenvalue weighted by atomic mass is 9.82. The highest BCUT2D eigenvalue weighted by molar-refractivity contribution is 5.95. The molecular formula is C40H35N. The van der Waals surface area contributed by atoms with Crippen molar-refractivity contribution in [3.05, 3.63) is 137 Å². The summed E-state index contributed by atoms with van der Waals surface area (Å²) in [7, 11) is 0. The maximum Gasteiger partial charge on any atom is 0.0540 e. The fourth-order valence-electron chi connectivity index (χ4n) is 7.62. The van der Waals surface area contributed by atoms with E-state index >= 15 is 0 Å². The lowest BCUT2D eigenvalue weighted by Gasteiger charge is -2.22. The van der Waals surface area contributed by atoms with Gasteiger partial charge < -0.3 is 4.57 Å². The standard InChI is InChI=1S/C40H35N/c1-26-11-8-12-27(23-26)28-13-9-14-29(24-28)30-21-22-37-33(25-30)31-15-5-7-19-36(31)41(37)38-20-10-18-35-39(38)32-16-4-6-17-34(32)40(35,2)3/h4,6,8-14,16-18,20-25H,5,7,15,19H2,1-3H3. The summed E-state index contributed by atoms with van der Waals surface area (Å²) in [6.45, 7) is 6.92. The normalized spacial score (nSPS) is 15.0. The average molecular weight is 530 g/mol. The zero-order chi connectivity index (χ0) is 27.7. The quantitative estimate of drug-likeness (QED) is 0.215. The van der Waals surface area contributed by atoms with Crippen molar-refractivity contribution in [1.29, 1.82) is 0 Å². The number of fused-ring (bicyclic) bond motifs is 6.